The highest BCUT2D eigenvalue weighted by Crippen LogP contribution is 2.39. The van der Waals surface area contributed by atoms with Gasteiger partial charge in [0.1, 0.15) is 18.1 Å². The largest absolute Gasteiger partial charge is 0.493 e. The number of fused-ring (bicyclic) bond motifs is 3. The van der Waals surface area contributed by atoms with Crippen LogP contribution in [0.15, 0.2) is 85.1 Å². The Labute approximate surface area is 191 Å². The summed E-state index contributed by atoms with van der Waals surface area (Å²) in [5.74, 6) is 1.38. The van der Waals surface area contributed by atoms with Gasteiger partial charge in [-0.2, -0.15) is 0 Å². The molecular formula is C28H24N2O3. The van der Waals surface area contributed by atoms with Gasteiger partial charge in [0, 0.05) is 34.0 Å². The number of aromatic nitrogens is 2. The minimum absolute atomic E-state index is 0.0332. The van der Waals surface area contributed by atoms with Crippen LogP contribution in [-0.2, 0) is 13.0 Å². The van der Waals surface area contributed by atoms with Gasteiger partial charge in [-0.3, -0.25) is 0 Å². The maximum absolute atomic E-state index is 11.2. The van der Waals surface area contributed by atoms with Crippen molar-refractivity contribution in [2.45, 2.75) is 19.1 Å². The lowest BCUT2D eigenvalue weighted by molar-refractivity contribution is 0.0506. The number of aliphatic hydroxyl groups is 1. The number of nitrogens with zero attached hydrogens (tertiary/aromatic N) is 1. The molecule has 1 aliphatic heterocycles. The zero-order chi connectivity index (χ0) is 22.2. The zero-order valence-electron chi connectivity index (χ0n) is 18.1. The summed E-state index contributed by atoms with van der Waals surface area (Å²) in [5, 5.41) is 13.5. The lowest BCUT2D eigenvalue weighted by atomic mass is 9.88. The summed E-state index contributed by atoms with van der Waals surface area (Å²) >= 11 is 0. The number of benzene rings is 3. The van der Waals surface area contributed by atoms with E-state index >= 15 is 0 Å². The van der Waals surface area contributed by atoms with Crippen molar-refractivity contribution in [3.63, 3.8) is 0 Å². The molecule has 0 bridgehead atoms. The van der Waals surface area contributed by atoms with Gasteiger partial charge in [0.2, 0.25) is 0 Å². The molecule has 5 aromatic rings. The summed E-state index contributed by atoms with van der Waals surface area (Å²) in [6, 6.07) is 26.0. The highest BCUT2D eigenvalue weighted by Gasteiger charge is 2.30. The molecule has 0 amide bonds. The number of aliphatic hydroxyl groups excluding tert-OH is 1. The fourth-order valence-electron chi connectivity index (χ4n) is 4.62. The van der Waals surface area contributed by atoms with Gasteiger partial charge in [-0.1, -0.05) is 42.5 Å². The molecule has 3 aromatic carbocycles. The van der Waals surface area contributed by atoms with Gasteiger partial charge in [-0.15, -0.1) is 0 Å². The molecule has 3 heterocycles. The molecule has 0 saturated heterocycles. The monoisotopic (exact) mass is 436 g/mol. The third-order valence-electron chi connectivity index (χ3n) is 6.40. The van der Waals surface area contributed by atoms with Crippen molar-refractivity contribution in [1.82, 2.24) is 9.97 Å². The molecule has 0 saturated carbocycles. The number of ether oxygens (including phenoxy) is 2. The van der Waals surface area contributed by atoms with Crippen molar-refractivity contribution in [3.05, 3.63) is 102 Å². The summed E-state index contributed by atoms with van der Waals surface area (Å²) in [7, 11) is 0. The minimum atomic E-state index is -0.621. The molecule has 2 aromatic heterocycles. The molecule has 5 heteroatoms. The number of aromatic amines is 1. The first-order valence-electron chi connectivity index (χ1n) is 11.2. The molecule has 0 aliphatic carbocycles. The van der Waals surface area contributed by atoms with Crippen LogP contribution >= 0.6 is 0 Å². The molecule has 2 atom stereocenters. The standard InChI is InChI=1S/C28H24N2O3/c31-28-20(13-19-15-29-26-8-4-2-6-23(19)26)16-33-27-12-11-22(14-24(27)28)32-17-21-10-9-18-5-1-3-7-25(18)30-21/h1-12,14-15,20,28-29,31H,13,16-17H2. The second-order valence-electron chi connectivity index (χ2n) is 8.56. The highest BCUT2D eigenvalue weighted by molar-refractivity contribution is 5.83. The van der Waals surface area contributed by atoms with E-state index in [-0.39, 0.29) is 5.92 Å². The lowest BCUT2D eigenvalue weighted by Gasteiger charge is -2.30. The summed E-state index contributed by atoms with van der Waals surface area (Å²) in [6.07, 6.45) is 2.14. The number of hydrogen-bond donors (Lipinski definition) is 2. The molecule has 33 heavy (non-hydrogen) atoms. The summed E-state index contributed by atoms with van der Waals surface area (Å²) < 4.78 is 12.0. The molecular weight excluding hydrogens is 412 g/mol. The van der Waals surface area contributed by atoms with Crippen LogP contribution in [-0.4, -0.2) is 21.7 Å². The van der Waals surface area contributed by atoms with Gasteiger partial charge >= 0.3 is 0 Å². The van der Waals surface area contributed by atoms with Crippen molar-refractivity contribution < 1.29 is 14.6 Å². The molecule has 6 rings (SSSR count). The van der Waals surface area contributed by atoms with Gasteiger partial charge in [0.15, 0.2) is 0 Å². The smallest absolute Gasteiger partial charge is 0.130 e. The average molecular weight is 437 g/mol. The average Bonchev–Trinajstić information content (AvgIpc) is 3.27. The number of nitrogens with one attached hydrogen (secondary N) is 1. The fourth-order valence-corrected chi connectivity index (χ4v) is 4.62. The number of H-pyrrole nitrogens is 1. The third-order valence-corrected chi connectivity index (χ3v) is 6.40. The van der Waals surface area contributed by atoms with Crippen molar-refractivity contribution in [1.29, 1.82) is 0 Å². The molecule has 164 valence electrons. The fraction of sp³-hybridized carbons (Fsp3) is 0.179. The van der Waals surface area contributed by atoms with Crippen molar-refractivity contribution in [2.24, 2.45) is 5.92 Å². The number of hydrogen-bond acceptors (Lipinski definition) is 4. The van der Waals surface area contributed by atoms with Crippen molar-refractivity contribution in [3.8, 4) is 11.5 Å². The van der Waals surface area contributed by atoms with E-state index in [4.69, 9.17) is 9.47 Å². The first kappa shape index (κ1) is 19.8. The second kappa shape index (κ2) is 8.26. The van der Waals surface area contributed by atoms with Crippen LogP contribution < -0.4 is 9.47 Å². The van der Waals surface area contributed by atoms with Crippen molar-refractivity contribution in [2.75, 3.05) is 6.61 Å². The quantitative estimate of drug-likeness (QED) is 0.377. The Morgan fingerprint density at radius 1 is 1.00 bits per heavy atom. The number of rotatable bonds is 5. The topological polar surface area (TPSA) is 67.4 Å². The van der Waals surface area contributed by atoms with E-state index in [1.165, 1.54) is 10.9 Å². The molecule has 1 aliphatic rings. The predicted octanol–water partition coefficient (Wildman–Crippen LogP) is 5.58. The molecule has 0 spiro atoms. The van der Waals surface area contributed by atoms with Crippen molar-refractivity contribution >= 4 is 21.8 Å². The van der Waals surface area contributed by atoms with Gasteiger partial charge in [0.25, 0.3) is 0 Å². The van der Waals surface area contributed by atoms with Gasteiger partial charge in [0.05, 0.1) is 23.9 Å². The first-order valence-corrected chi connectivity index (χ1v) is 11.2. The molecule has 0 radical (unpaired) electrons. The Kier molecular flexibility index (Phi) is 4.96. The maximum atomic E-state index is 11.2. The van der Waals surface area contributed by atoms with Crippen LogP contribution in [0.1, 0.15) is 22.9 Å². The second-order valence-corrected chi connectivity index (χ2v) is 8.56. The van der Waals surface area contributed by atoms with E-state index in [1.807, 2.05) is 66.9 Å². The third kappa shape index (κ3) is 3.81. The predicted molar refractivity (Wildman–Crippen MR) is 128 cm³/mol. The highest BCUT2D eigenvalue weighted by atomic mass is 16.5. The normalized spacial score (nSPS) is 17.6. The van der Waals surface area contributed by atoms with Gasteiger partial charge < -0.3 is 19.6 Å². The Balaban J connectivity index is 1.19. The molecule has 2 N–H and O–H groups in total. The minimum Gasteiger partial charge on any atom is -0.493 e. The number of pyridine rings is 1. The van der Waals surface area contributed by atoms with E-state index in [2.05, 4.69) is 28.2 Å². The van der Waals surface area contributed by atoms with Crippen LogP contribution in [0.5, 0.6) is 11.5 Å². The maximum Gasteiger partial charge on any atom is 0.130 e. The Hall–Kier alpha value is -3.83. The van der Waals surface area contributed by atoms with Crippen LogP contribution in [0.3, 0.4) is 0 Å². The molecule has 5 nitrogen and oxygen atoms in total. The molecule has 0 fully saturated rings. The Bertz CT molecular complexity index is 1440. The van der Waals surface area contributed by atoms with E-state index in [0.717, 1.165) is 34.1 Å². The molecule has 2 unspecified atom stereocenters. The summed E-state index contributed by atoms with van der Waals surface area (Å²) in [6.45, 7) is 0.841. The van der Waals surface area contributed by atoms with E-state index in [0.29, 0.717) is 24.7 Å². The van der Waals surface area contributed by atoms with E-state index in [9.17, 15) is 5.11 Å². The Morgan fingerprint density at radius 3 is 2.85 bits per heavy atom. The van der Waals surface area contributed by atoms with Gasteiger partial charge in [-0.25, -0.2) is 4.98 Å². The van der Waals surface area contributed by atoms with Crippen LogP contribution in [0, 0.1) is 5.92 Å². The van der Waals surface area contributed by atoms with E-state index < -0.39 is 6.10 Å². The first-order chi connectivity index (χ1) is 16.2. The number of para-hydroxylation sites is 2. The van der Waals surface area contributed by atoms with Crippen LogP contribution in [0.2, 0.25) is 0 Å². The lowest BCUT2D eigenvalue weighted by Crippen LogP contribution is -2.27. The summed E-state index contributed by atoms with van der Waals surface area (Å²) in [4.78, 5) is 7.99. The SMILES string of the molecule is OC1c2cc(OCc3ccc4ccccc4n3)ccc2OCC1Cc1c[nH]c2ccccc12. The van der Waals surface area contributed by atoms with Crippen LogP contribution in [0.4, 0.5) is 0 Å². The van der Waals surface area contributed by atoms with Crippen LogP contribution in [0.25, 0.3) is 21.8 Å². The summed E-state index contributed by atoms with van der Waals surface area (Å²) in [5.41, 5.74) is 4.89. The zero-order valence-corrected chi connectivity index (χ0v) is 18.1. The van der Waals surface area contributed by atoms with Gasteiger partial charge in [-0.05, 0) is 48.4 Å². The Morgan fingerprint density at radius 2 is 1.88 bits per heavy atom. The van der Waals surface area contributed by atoms with E-state index in [1.54, 1.807) is 0 Å².